The third-order valence-corrected chi connectivity index (χ3v) is 16.4. The Morgan fingerprint density at radius 3 is 1.29 bits per heavy atom. The van der Waals surface area contributed by atoms with Crippen molar-refractivity contribution >= 4 is 5.91 Å². The van der Waals surface area contributed by atoms with Gasteiger partial charge < -0.3 is 65.1 Å². The van der Waals surface area contributed by atoms with E-state index in [2.05, 4.69) is 55.6 Å². The number of aliphatic hydroxyl groups is 8. The Morgan fingerprint density at radius 2 is 0.825 bits per heavy atom. The van der Waals surface area contributed by atoms with Gasteiger partial charge in [-0.3, -0.25) is 4.79 Å². The lowest BCUT2D eigenvalue weighted by molar-refractivity contribution is -0.359. The average molecular weight is 1140 g/mol. The van der Waals surface area contributed by atoms with Crippen LogP contribution in [-0.2, 0) is 23.7 Å². The lowest BCUT2D eigenvalue weighted by Gasteiger charge is -2.46. The minimum absolute atomic E-state index is 0.216. The summed E-state index contributed by atoms with van der Waals surface area (Å²) < 4.78 is 22.9. The van der Waals surface area contributed by atoms with Gasteiger partial charge >= 0.3 is 0 Å². The molecule has 2 rings (SSSR count). The summed E-state index contributed by atoms with van der Waals surface area (Å²) in [6.07, 6.45) is 47.2. The number of amides is 1. The summed E-state index contributed by atoms with van der Waals surface area (Å²) in [7, 11) is 0. The van der Waals surface area contributed by atoms with E-state index in [-0.39, 0.29) is 12.5 Å². The Bertz CT molecular complexity index is 1480. The van der Waals surface area contributed by atoms with Crippen LogP contribution in [0, 0.1) is 0 Å². The molecule has 470 valence electrons. The first-order valence-electron chi connectivity index (χ1n) is 33.2. The van der Waals surface area contributed by atoms with Crippen LogP contribution >= 0.6 is 0 Å². The summed E-state index contributed by atoms with van der Waals surface area (Å²) in [5.41, 5.74) is 0. The number of hydrogen-bond acceptors (Lipinski definition) is 13. The van der Waals surface area contributed by atoms with E-state index in [9.17, 15) is 45.6 Å². The van der Waals surface area contributed by atoms with Crippen LogP contribution in [0.5, 0.6) is 0 Å². The second-order valence-electron chi connectivity index (χ2n) is 23.6. The molecule has 9 N–H and O–H groups in total. The number of carbonyl (C=O) groups is 1. The van der Waals surface area contributed by atoms with Gasteiger partial charge in [-0.25, -0.2) is 0 Å². The number of aliphatic hydroxyl groups excluding tert-OH is 8. The van der Waals surface area contributed by atoms with Crippen LogP contribution in [0.15, 0.2) is 36.5 Å². The number of ether oxygens (including phenoxy) is 4. The number of unbranched alkanes of at least 4 members (excludes halogenated alkanes) is 35. The molecule has 0 aromatic carbocycles. The van der Waals surface area contributed by atoms with Crippen molar-refractivity contribution in [2.24, 2.45) is 0 Å². The molecule has 12 unspecified atom stereocenters. The van der Waals surface area contributed by atoms with Crippen molar-refractivity contribution in [1.82, 2.24) is 5.32 Å². The van der Waals surface area contributed by atoms with Crippen LogP contribution in [0.2, 0.25) is 0 Å². The maximum absolute atomic E-state index is 13.3. The van der Waals surface area contributed by atoms with Crippen molar-refractivity contribution in [3.05, 3.63) is 36.5 Å². The molecule has 0 aliphatic carbocycles. The Morgan fingerprint density at radius 1 is 0.450 bits per heavy atom. The minimum Gasteiger partial charge on any atom is -0.394 e. The van der Waals surface area contributed by atoms with E-state index in [4.69, 9.17) is 18.9 Å². The van der Waals surface area contributed by atoms with Crippen molar-refractivity contribution in [3.8, 4) is 0 Å². The summed E-state index contributed by atoms with van der Waals surface area (Å²) in [5.74, 6) is -0.216. The average Bonchev–Trinajstić information content (AvgIpc) is 3.48. The fraction of sp³-hybridized carbons (Fsp3) is 0.894. The predicted octanol–water partition coefficient (Wildman–Crippen LogP) is 12.6. The summed E-state index contributed by atoms with van der Waals surface area (Å²) in [5, 5.41) is 87.5. The second-order valence-corrected chi connectivity index (χ2v) is 23.6. The molecule has 0 bridgehead atoms. The Kier molecular flexibility index (Phi) is 47.9. The SMILES string of the molecule is CCCCC/C=C\C/C=C\C/C=C\CCCCCCCCC(=O)NC(COC1OC(CO)C(OC2OC(CO)C(O)C(O)C2O)C(O)C1O)C(O)CCCCCCCCCCCCCCCCCCCCCCCCCCCCC. The van der Waals surface area contributed by atoms with Crippen LogP contribution in [0.25, 0.3) is 0 Å². The highest BCUT2D eigenvalue weighted by Crippen LogP contribution is 2.30. The van der Waals surface area contributed by atoms with Crippen molar-refractivity contribution in [3.63, 3.8) is 0 Å². The quantitative estimate of drug-likeness (QED) is 0.0204. The Labute approximate surface area is 487 Å². The van der Waals surface area contributed by atoms with Crippen molar-refractivity contribution in [1.29, 1.82) is 0 Å². The monoisotopic (exact) mass is 1140 g/mol. The molecule has 0 saturated carbocycles. The fourth-order valence-corrected chi connectivity index (χ4v) is 11.0. The summed E-state index contributed by atoms with van der Waals surface area (Å²) in [6.45, 7) is 2.86. The molecular weight excluding hydrogens is 1010 g/mol. The molecular formula is C66H123NO13. The second kappa shape index (κ2) is 51.6. The number of rotatable bonds is 54. The predicted molar refractivity (Wildman–Crippen MR) is 323 cm³/mol. The Hall–Kier alpha value is -1.79. The molecule has 0 aromatic rings. The first-order chi connectivity index (χ1) is 39.1. The maximum atomic E-state index is 13.3. The number of hydrogen-bond donors (Lipinski definition) is 9. The van der Waals surface area contributed by atoms with Gasteiger partial charge in [-0.15, -0.1) is 0 Å². The zero-order valence-corrected chi connectivity index (χ0v) is 50.8. The van der Waals surface area contributed by atoms with E-state index < -0.39 is 86.8 Å². The van der Waals surface area contributed by atoms with E-state index in [0.29, 0.717) is 19.3 Å². The fourth-order valence-electron chi connectivity index (χ4n) is 11.0. The van der Waals surface area contributed by atoms with Crippen LogP contribution in [0.3, 0.4) is 0 Å². The molecule has 14 heteroatoms. The molecule has 80 heavy (non-hydrogen) atoms. The largest absolute Gasteiger partial charge is 0.394 e. The lowest BCUT2D eigenvalue weighted by Crippen LogP contribution is -2.65. The van der Waals surface area contributed by atoms with E-state index in [1.165, 1.54) is 173 Å². The third-order valence-electron chi connectivity index (χ3n) is 16.4. The van der Waals surface area contributed by atoms with Crippen molar-refractivity contribution in [2.45, 2.75) is 357 Å². The van der Waals surface area contributed by atoms with Crippen molar-refractivity contribution < 1.29 is 64.6 Å². The molecule has 2 saturated heterocycles. The first-order valence-corrected chi connectivity index (χ1v) is 33.2. The molecule has 2 fully saturated rings. The molecule has 1 amide bonds. The highest BCUT2D eigenvalue weighted by Gasteiger charge is 2.51. The van der Waals surface area contributed by atoms with Gasteiger partial charge in [-0.05, 0) is 51.4 Å². The van der Waals surface area contributed by atoms with Gasteiger partial charge in [-0.2, -0.15) is 0 Å². The molecule has 14 nitrogen and oxygen atoms in total. The number of allylic oxidation sites excluding steroid dienone is 6. The van der Waals surface area contributed by atoms with E-state index in [1.54, 1.807) is 0 Å². The molecule has 2 aliphatic heterocycles. The summed E-state index contributed by atoms with van der Waals surface area (Å²) >= 11 is 0. The van der Waals surface area contributed by atoms with Gasteiger partial charge in [0.25, 0.3) is 0 Å². The zero-order valence-electron chi connectivity index (χ0n) is 50.8. The minimum atomic E-state index is -1.78. The first kappa shape index (κ1) is 74.3. The van der Waals surface area contributed by atoms with Crippen LogP contribution < -0.4 is 5.32 Å². The molecule has 0 aromatic heterocycles. The van der Waals surface area contributed by atoms with E-state index in [1.807, 2.05) is 0 Å². The normalized spacial score (nSPS) is 24.4. The molecule has 0 spiro atoms. The van der Waals surface area contributed by atoms with Gasteiger partial charge in [0.2, 0.25) is 5.91 Å². The van der Waals surface area contributed by atoms with Gasteiger partial charge in [0.05, 0.1) is 32.0 Å². The maximum Gasteiger partial charge on any atom is 0.220 e. The third kappa shape index (κ3) is 36.1. The van der Waals surface area contributed by atoms with Crippen LogP contribution in [0.4, 0.5) is 0 Å². The molecule has 12 atom stereocenters. The van der Waals surface area contributed by atoms with Gasteiger partial charge in [0.15, 0.2) is 12.6 Å². The molecule has 2 heterocycles. The number of carbonyl (C=O) groups excluding carboxylic acids is 1. The highest BCUT2D eigenvalue weighted by molar-refractivity contribution is 5.76. The van der Waals surface area contributed by atoms with Crippen LogP contribution in [0.1, 0.15) is 284 Å². The van der Waals surface area contributed by atoms with Gasteiger partial charge in [-0.1, -0.05) is 262 Å². The molecule has 0 radical (unpaired) electrons. The van der Waals surface area contributed by atoms with E-state index in [0.717, 1.165) is 77.0 Å². The highest BCUT2D eigenvalue weighted by atomic mass is 16.7. The van der Waals surface area contributed by atoms with Crippen molar-refractivity contribution in [2.75, 3.05) is 19.8 Å². The summed E-state index contributed by atoms with van der Waals surface area (Å²) in [4.78, 5) is 13.3. The lowest BCUT2D eigenvalue weighted by atomic mass is 9.97. The standard InChI is InChI=1S/C66H123NO13/c1-3-5-7-9-11-13-15-17-19-21-23-24-25-26-27-28-29-30-32-33-35-37-39-41-43-45-47-49-55(70)54(67-58(71)50-48-46-44-42-40-38-36-34-31-22-20-18-16-14-12-10-8-6-4-2)53-77-65-63(76)61(74)64(57(52-69)79-65)80-66-62(75)60(73)59(72)56(51-68)78-66/h12,14,18,20,31,34,54-57,59-66,68-70,72-76H,3-11,13,15-17,19,21-30,32-33,35-53H2,1-2H3,(H,67,71)/b14-12-,20-18-,34-31-. The zero-order chi connectivity index (χ0) is 58.1. The Balaban J connectivity index is 1.70. The van der Waals surface area contributed by atoms with Gasteiger partial charge in [0.1, 0.15) is 48.8 Å². The smallest absolute Gasteiger partial charge is 0.220 e. The summed E-state index contributed by atoms with van der Waals surface area (Å²) in [6, 6.07) is -0.837. The van der Waals surface area contributed by atoms with Gasteiger partial charge in [0, 0.05) is 6.42 Å². The van der Waals surface area contributed by atoms with E-state index >= 15 is 0 Å². The molecule has 2 aliphatic rings. The topological polar surface area (TPSA) is 228 Å². The van der Waals surface area contributed by atoms with Crippen LogP contribution in [-0.4, -0.2) is 140 Å². The number of nitrogens with one attached hydrogen (secondary N) is 1.